The van der Waals surface area contributed by atoms with Gasteiger partial charge in [-0.1, -0.05) is 36.2 Å². The molecule has 1 unspecified atom stereocenters. The number of fused-ring (bicyclic) bond motifs is 1. The van der Waals surface area contributed by atoms with E-state index in [0.717, 1.165) is 24.0 Å². The third-order valence-corrected chi connectivity index (χ3v) is 7.02. The fourth-order valence-electron chi connectivity index (χ4n) is 3.96. The standard InChI is InChI=1S/C23H28Cl2N2O3S/c1-3-5-21(28)26(10-4-12-30-2)15-22(29)27-11-8-20-18(9-13-31-20)23(27)17-7-6-16(24)14-19(17)25/h6-7,9,13-14,23H,3-5,8,10-12,15H2,1-2H3. The summed E-state index contributed by atoms with van der Waals surface area (Å²) in [4.78, 5) is 30.9. The van der Waals surface area contributed by atoms with Gasteiger partial charge in [0.2, 0.25) is 11.8 Å². The maximum absolute atomic E-state index is 13.5. The van der Waals surface area contributed by atoms with Crippen LogP contribution in [0.2, 0.25) is 10.0 Å². The normalized spacial score (nSPS) is 15.6. The van der Waals surface area contributed by atoms with Crippen molar-refractivity contribution in [3.63, 3.8) is 0 Å². The van der Waals surface area contributed by atoms with E-state index in [1.807, 2.05) is 17.9 Å². The fraction of sp³-hybridized carbons (Fsp3) is 0.478. The Morgan fingerprint density at radius 3 is 2.77 bits per heavy atom. The van der Waals surface area contributed by atoms with Gasteiger partial charge in [0.1, 0.15) is 0 Å². The molecule has 0 saturated heterocycles. The summed E-state index contributed by atoms with van der Waals surface area (Å²) in [6.45, 7) is 3.67. The topological polar surface area (TPSA) is 49.9 Å². The van der Waals surface area contributed by atoms with E-state index < -0.39 is 0 Å². The highest BCUT2D eigenvalue weighted by molar-refractivity contribution is 7.10. The van der Waals surface area contributed by atoms with Crippen molar-refractivity contribution in [1.82, 2.24) is 9.80 Å². The summed E-state index contributed by atoms with van der Waals surface area (Å²) in [5, 5.41) is 3.15. The number of hydrogen-bond acceptors (Lipinski definition) is 4. The minimum absolute atomic E-state index is 0.00117. The molecule has 0 spiro atoms. The predicted octanol–water partition coefficient (Wildman–Crippen LogP) is 5.19. The molecular formula is C23H28Cl2N2O3S. The lowest BCUT2D eigenvalue weighted by Gasteiger charge is -2.38. The zero-order valence-corrected chi connectivity index (χ0v) is 20.2. The van der Waals surface area contributed by atoms with Crippen LogP contribution in [-0.2, 0) is 20.7 Å². The van der Waals surface area contributed by atoms with Gasteiger partial charge in [0.15, 0.2) is 0 Å². The first-order chi connectivity index (χ1) is 15.0. The van der Waals surface area contributed by atoms with Crippen molar-refractivity contribution in [2.24, 2.45) is 0 Å². The van der Waals surface area contributed by atoms with Gasteiger partial charge in [0.05, 0.1) is 12.6 Å². The Morgan fingerprint density at radius 1 is 1.26 bits per heavy atom. The third-order valence-electron chi connectivity index (χ3n) is 5.46. The van der Waals surface area contributed by atoms with E-state index >= 15 is 0 Å². The summed E-state index contributed by atoms with van der Waals surface area (Å²) < 4.78 is 5.12. The molecule has 3 rings (SSSR count). The molecule has 0 bridgehead atoms. The summed E-state index contributed by atoms with van der Waals surface area (Å²) in [5.74, 6) is -0.0732. The van der Waals surface area contributed by atoms with Crippen LogP contribution in [0.4, 0.5) is 0 Å². The molecule has 2 amide bonds. The number of ether oxygens (including phenoxy) is 1. The van der Waals surface area contributed by atoms with E-state index in [0.29, 0.717) is 42.6 Å². The number of hydrogen-bond donors (Lipinski definition) is 0. The van der Waals surface area contributed by atoms with Crippen molar-refractivity contribution in [2.45, 2.75) is 38.6 Å². The number of amides is 2. The van der Waals surface area contributed by atoms with Gasteiger partial charge < -0.3 is 14.5 Å². The second kappa shape index (κ2) is 11.3. The lowest BCUT2D eigenvalue weighted by molar-refractivity contribution is -0.142. The highest BCUT2D eigenvalue weighted by Crippen LogP contribution is 2.41. The first-order valence-electron chi connectivity index (χ1n) is 10.5. The molecular weight excluding hydrogens is 455 g/mol. The molecule has 0 radical (unpaired) electrons. The van der Waals surface area contributed by atoms with Gasteiger partial charge in [0.25, 0.3) is 0 Å². The number of halogens is 2. The zero-order valence-electron chi connectivity index (χ0n) is 17.9. The molecule has 2 aromatic rings. The average Bonchev–Trinajstić information content (AvgIpc) is 3.22. The van der Waals surface area contributed by atoms with E-state index in [2.05, 4.69) is 11.4 Å². The van der Waals surface area contributed by atoms with Crippen molar-refractivity contribution in [2.75, 3.05) is 33.4 Å². The van der Waals surface area contributed by atoms with Crippen molar-refractivity contribution in [1.29, 1.82) is 0 Å². The van der Waals surface area contributed by atoms with E-state index in [1.54, 1.807) is 35.5 Å². The highest BCUT2D eigenvalue weighted by atomic mass is 35.5. The molecule has 1 aliphatic rings. The molecule has 0 aliphatic carbocycles. The molecule has 0 N–H and O–H groups in total. The second-order valence-corrected chi connectivity index (χ2v) is 9.46. The average molecular weight is 483 g/mol. The van der Waals surface area contributed by atoms with Crippen LogP contribution in [-0.4, -0.2) is 55.0 Å². The quantitative estimate of drug-likeness (QED) is 0.461. The van der Waals surface area contributed by atoms with E-state index in [4.69, 9.17) is 27.9 Å². The largest absolute Gasteiger partial charge is 0.385 e. The number of thiophene rings is 1. The summed E-state index contributed by atoms with van der Waals surface area (Å²) in [6, 6.07) is 7.18. The monoisotopic (exact) mass is 482 g/mol. The van der Waals surface area contributed by atoms with Crippen LogP contribution in [0, 0.1) is 0 Å². The van der Waals surface area contributed by atoms with Gasteiger partial charge in [-0.25, -0.2) is 0 Å². The SMILES string of the molecule is CCCC(=O)N(CCCOC)CC(=O)N1CCc2sccc2C1c1ccc(Cl)cc1Cl. The number of methoxy groups -OCH3 is 1. The molecule has 0 saturated carbocycles. The maximum atomic E-state index is 13.5. The van der Waals surface area contributed by atoms with Crippen LogP contribution < -0.4 is 0 Å². The first-order valence-corrected chi connectivity index (χ1v) is 12.2. The summed E-state index contributed by atoms with van der Waals surface area (Å²) in [7, 11) is 1.63. The van der Waals surface area contributed by atoms with Crippen LogP contribution in [0.3, 0.4) is 0 Å². The Morgan fingerprint density at radius 2 is 2.06 bits per heavy atom. The molecule has 31 heavy (non-hydrogen) atoms. The van der Waals surface area contributed by atoms with Crippen molar-refractivity contribution >= 4 is 46.4 Å². The summed E-state index contributed by atoms with van der Waals surface area (Å²) >= 11 is 14.4. The van der Waals surface area contributed by atoms with Gasteiger partial charge in [-0.3, -0.25) is 9.59 Å². The second-order valence-electron chi connectivity index (χ2n) is 7.62. The Kier molecular flexibility index (Phi) is 8.78. The Labute approximate surface area is 197 Å². The van der Waals surface area contributed by atoms with Gasteiger partial charge >= 0.3 is 0 Å². The highest BCUT2D eigenvalue weighted by Gasteiger charge is 2.35. The Balaban J connectivity index is 1.87. The third kappa shape index (κ3) is 5.80. The van der Waals surface area contributed by atoms with Gasteiger partial charge in [-0.2, -0.15) is 0 Å². The van der Waals surface area contributed by atoms with E-state index in [1.165, 1.54) is 4.88 Å². The van der Waals surface area contributed by atoms with E-state index in [-0.39, 0.29) is 24.4 Å². The summed E-state index contributed by atoms with van der Waals surface area (Å²) in [6.07, 6.45) is 2.67. The first kappa shape index (κ1) is 24.1. The van der Waals surface area contributed by atoms with Crippen molar-refractivity contribution in [3.05, 3.63) is 55.7 Å². The number of carbonyl (C=O) groups excluding carboxylic acids is 2. The molecule has 0 fully saturated rings. The van der Waals surface area contributed by atoms with Gasteiger partial charge in [-0.15, -0.1) is 11.3 Å². The zero-order chi connectivity index (χ0) is 22.4. The number of carbonyl (C=O) groups is 2. The number of nitrogens with zero attached hydrogens (tertiary/aromatic N) is 2. The molecule has 1 atom stereocenters. The minimum atomic E-state index is -0.283. The molecule has 5 nitrogen and oxygen atoms in total. The molecule has 2 heterocycles. The predicted molar refractivity (Wildman–Crippen MR) is 126 cm³/mol. The lowest BCUT2D eigenvalue weighted by atomic mass is 9.93. The molecule has 1 aromatic carbocycles. The maximum Gasteiger partial charge on any atom is 0.242 e. The summed E-state index contributed by atoms with van der Waals surface area (Å²) in [5.41, 5.74) is 1.95. The van der Waals surface area contributed by atoms with Crippen LogP contribution in [0.25, 0.3) is 0 Å². The van der Waals surface area contributed by atoms with Gasteiger partial charge in [-0.05, 0) is 54.0 Å². The Hall–Kier alpha value is -1.60. The van der Waals surface area contributed by atoms with Crippen LogP contribution >= 0.6 is 34.5 Å². The Bertz CT molecular complexity index is 918. The fourth-order valence-corrected chi connectivity index (χ4v) is 5.38. The number of rotatable bonds is 9. The van der Waals surface area contributed by atoms with Crippen LogP contribution in [0.5, 0.6) is 0 Å². The molecule has 1 aliphatic heterocycles. The number of benzene rings is 1. The molecule has 168 valence electrons. The minimum Gasteiger partial charge on any atom is -0.385 e. The molecule has 8 heteroatoms. The van der Waals surface area contributed by atoms with Crippen LogP contribution in [0.1, 0.15) is 48.2 Å². The van der Waals surface area contributed by atoms with Crippen molar-refractivity contribution < 1.29 is 14.3 Å². The smallest absolute Gasteiger partial charge is 0.242 e. The van der Waals surface area contributed by atoms with Crippen molar-refractivity contribution in [3.8, 4) is 0 Å². The lowest BCUT2D eigenvalue weighted by Crippen LogP contribution is -2.47. The van der Waals surface area contributed by atoms with E-state index in [9.17, 15) is 9.59 Å². The van der Waals surface area contributed by atoms with Crippen LogP contribution in [0.15, 0.2) is 29.6 Å². The van der Waals surface area contributed by atoms with Gasteiger partial charge in [0, 0.05) is 48.1 Å². The molecule has 1 aromatic heterocycles.